The van der Waals surface area contributed by atoms with E-state index in [1.54, 1.807) is 17.0 Å². The summed E-state index contributed by atoms with van der Waals surface area (Å²) in [6, 6.07) is 11.0. The molecule has 0 radical (unpaired) electrons. The molecular weight excluding hydrogens is 474 g/mol. The number of carboxylic acids is 1. The summed E-state index contributed by atoms with van der Waals surface area (Å²) in [4.78, 5) is 30.4. The lowest BCUT2D eigenvalue weighted by Gasteiger charge is -2.31. The lowest BCUT2D eigenvalue weighted by Crippen LogP contribution is -2.46. The van der Waals surface area contributed by atoms with Crippen LogP contribution in [0.4, 0.5) is 10.5 Å². The summed E-state index contributed by atoms with van der Waals surface area (Å²) in [6.07, 6.45) is 2.51. The predicted octanol–water partition coefficient (Wildman–Crippen LogP) is 4.27. The Morgan fingerprint density at radius 2 is 1.97 bits per heavy atom. The summed E-state index contributed by atoms with van der Waals surface area (Å²) in [5.41, 5.74) is 10.4. The number of anilines is 1. The zero-order valence-electron chi connectivity index (χ0n) is 20.9. The summed E-state index contributed by atoms with van der Waals surface area (Å²) >= 11 is 0. The van der Waals surface area contributed by atoms with Crippen molar-refractivity contribution in [1.82, 2.24) is 20.4 Å². The summed E-state index contributed by atoms with van der Waals surface area (Å²) in [5, 5.41) is 16.5. The van der Waals surface area contributed by atoms with Crippen LogP contribution in [0.5, 0.6) is 5.75 Å². The van der Waals surface area contributed by atoms with E-state index in [-0.39, 0.29) is 24.1 Å². The van der Waals surface area contributed by atoms with E-state index in [0.717, 1.165) is 29.5 Å². The van der Waals surface area contributed by atoms with Crippen molar-refractivity contribution >= 4 is 17.7 Å². The number of rotatable bonds is 6. The van der Waals surface area contributed by atoms with Crippen molar-refractivity contribution in [3.05, 3.63) is 47.5 Å². The van der Waals surface area contributed by atoms with Gasteiger partial charge in [0, 0.05) is 24.2 Å². The summed E-state index contributed by atoms with van der Waals surface area (Å²) in [6.45, 7) is 4.78. The first kappa shape index (κ1) is 24.6. The molecule has 2 heterocycles. The molecule has 1 aliphatic carbocycles. The minimum absolute atomic E-state index is 0.0149. The fourth-order valence-corrected chi connectivity index (χ4v) is 5.08. The SMILES string of the molecule is CC(C)Oc1ccc(-c2nc(-c3cccc4c3CC[C@@H]4NC(=O)N3CCC(C(=O)O)CC3)no2)cc1N. The van der Waals surface area contributed by atoms with Crippen LogP contribution in [-0.4, -0.2) is 51.3 Å². The molecule has 1 saturated heterocycles. The minimum atomic E-state index is -0.789. The average Bonchev–Trinajstić information content (AvgIpc) is 3.53. The van der Waals surface area contributed by atoms with Crippen LogP contribution in [0, 0.1) is 5.92 Å². The predicted molar refractivity (Wildman–Crippen MR) is 137 cm³/mol. The van der Waals surface area contributed by atoms with Crippen LogP contribution in [0.2, 0.25) is 0 Å². The number of hydrogen-bond acceptors (Lipinski definition) is 7. The summed E-state index contributed by atoms with van der Waals surface area (Å²) in [7, 11) is 0. The number of nitrogens with zero attached hydrogens (tertiary/aromatic N) is 3. The van der Waals surface area contributed by atoms with Crippen molar-refractivity contribution in [2.75, 3.05) is 18.8 Å². The van der Waals surface area contributed by atoms with Crippen molar-refractivity contribution in [3.63, 3.8) is 0 Å². The molecule has 3 aromatic rings. The molecule has 5 rings (SSSR count). The fourth-order valence-electron chi connectivity index (χ4n) is 5.08. The van der Waals surface area contributed by atoms with Crippen LogP contribution >= 0.6 is 0 Å². The Bertz CT molecular complexity index is 1310. The number of benzene rings is 2. The number of nitrogens with two attached hydrogens (primary N) is 1. The van der Waals surface area contributed by atoms with Gasteiger partial charge in [-0.25, -0.2) is 4.79 Å². The number of aromatic nitrogens is 2. The number of nitrogen functional groups attached to an aromatic ring is 1. The molecule has 0 bridgehead atoms. The largest absolute Gasteiger partial charge is 0.489 e. The van der Waals surface area contributed by atoms with Gasteiger partial charge in [0.15, 0.2) is 0 Å². The zero-order valence-corrected chi connectivity index (χ0v) is 20.9. The van der Waals surface area contributed by atoms with E-state index in [2.05, 4.69) is 15.5 Å². The first-order valence-corrected chi connectivity index (χ1v) is 12.6. The fraction of sp³-hybridized carbons (Fsp3) is 0.407. The second-order valence-corrected chi connectivity index (χ2v) is 9.86. The molecule has 10 nitrogen and oxygen atoms in total. The number of urea groups is 1. The number of piperidine rings is 1. The first-order chi connectivity index (χ1) is 17.8. The van der Waals surface area contributed by atoms with Crippen molar-refractivity contribution in [3.8, 4) is 28.6 Å². The van der Waals surface area contributed by atoms with Gasteiger partial charge in [0.05, 0.1) is 23.8 Å². The number of hydrogen-bond donors (Lipinski definition) is 3. The van der Waals surface area contributed by atoms with E-state index in [1.807, 2.05) is 38.1 Å². The highest BCUT2D eigenvalue weighted by Crippen LogP contribution is 2.38. The van der Waals surface area contributed by atoms with Crippen molar-refractivity contribution in [2.45, 2.75) is 51.7 Å². The molecule has 2 aliphatic rings. The van der Waals surface area contributed by atoms with Gasteiger partial charge in [-0.3, -0.25) is 4.79 Å². The van der Waals surface area contributed by atoms with Crippen LogP contribution in [0.1, 0.15) is 50.3 Å². The summed E-state index contributed by atoms with van der Waals surface area (Å²) in [5.74, 6) is 0.293. The Balaban J connectivity index is 1.30. The Morgan fingerprint density at radius 3 is 2.68 bits per heavy atom. The number of aliphatic carboxylic acids is 1. The van der Waals surface area contributed by atoms with Gasteiger partial charge < -0.3 is 30.3 Å². The number of carbonyl (C=O) groups is 2. The molecular formula is C27H31N5O5. The third-order valence-corrected chi connectivity index (χ3v) is 6.99. The lowest BCUT2D eigenvalue weighted by molar-refractivity contribution is -0.143. The van der Waals surface area contributed by atoms with Crippen molar-refractivity contribution in [1.29, 1.82) is 0 Å². The molecule has 2 amide bonds. The number of amides is 2. The smallest absolute Gasteiger partial charge is 0.317 e. The minimum Gasteiger partial charge on any atom is -0.489 e. The third kappa shape index (κ3) is 5.09. The zero-order chi connectivity index (χ0) is 26.1. The second kappa shape index (κ2) is 10.1. The molecule has 1 aliphatic heterocycles. The van der Waals surface area contributed by atoms with Gasteiger partial charge >= 0.3 is 12.0 Å². The van der Waals surface area contributed by atoms with E-state index in [0.29, 0.717) is 54.6 Å². The van der Waals surface area contributed by atoms with Gasteiger partial charge in [-0.05, 0) is 68.9 Å². The number of fused-ring (bicyclic) bond motifs is 1. The number of likely N-dealkylation sites (tertiary alicyclic amines) is 1. The molecule has 194 valence electrons. The monoisotopic (exact) mass is 505 g/mol. The van der Waals surface area contributed by atoms with E-state index < -0.39 is 5.97 Å². The Hall–Kier alpha value is -4.08. The molecule has 1 aromatic heterocycles. The van der Waals surface area contributed by atoms with Gasteiger partial charge in [0.25, 0.3) is 5.89 Å². The standard InChI is InChI=1S/C27H31N5O5/c1-15(2)36-23-9-6-17(14-21(23)28)25-30-24(31-37-25)20-5-3-4-19-18(20)7-8-22(19)29-27(35)32-12-10-16(11-13-32)26(33)34/h3-6,9,14-16,22H,7-8,10-13,28H2,1-2H3,(H,29,35)(H,33,34)/t22-/m0/s1. The maximum atomic E-state index is 12.9. The highest BCUT2D eigenvalue weighted by molar-refractivity contribution is 5.77. The van der Waals surface area contributed by atoms with E-state index in [1.165, 1.54) is 0 Å². The second-order valence-electron chi connectivity index (χ2n) is 9.86. The molecule has 1 atom stereocenters. The maximum Gasteiger partial charge on any atom is 0.317 e. The molecule has 0 unspecified atom stereocenters. The molecule has 1 fully saturated rings. The molecule has 10 heteroatoms. The number of nitrogens with one attached hydrogen (secondary N) is 1. The molecule has 2 aromatic carbocycles. The highest BCUT2D eigenvalue weighted by atomic mass is 16.5. The number of carbonyl (C=O) groups excluding carboxylic acids is 1. The molecule has 0 saturated carbocycles. The first-order valence-electron chi connectivity index (χ1n) is 12.6. The average molecular weight is 506 g/mol. The molecule has 0 spiro atoms. The topological polar surface area (TPSA) is 144 Å². The number of carboxylic acid groups (broad SMARTS) is 1. The van der Waals surface area contributed by atoms with Crippen molar-refractivity contribution in [2.24, 2.45) is 5.92 Å². The van der Waals surface area contributed by atoms with Gasteiger partial charge in [-0.1, -0.05) is 23.4 Å². The van der Waals surface area contributed by atoms with E-state index >= 15 is 0 Å². The molecule has 37 heavy (non-hydrogen) atoms. The van der Waals surface area contributed by atoms with Crippen LogP contribution in [-0.2, 0) is 11.2 Å². The summed E-state index contributed by atoms with van der Waals surface area (Å²) < 4.78 is 11.3. The Kier molecular flexibility index (Phi) is 6.73. The van der Waals surface area contributed by atoms with Gasteiger partial charge in [0.1, 0.15) is 5.75 Å². The number of ether oxygens (including phenoxy) is 1. The van der Waals surface area contributed by atoms with Gasteiger partial charge in [-0.2, -0.15) is 4.98 Å². The lowest BCUT2D eigenvalue weighted by atomic mass is 9.97. The van der Waals surface area contributed by atoms with Crippen LogP contribution in [0.25, 0.3) is 22.8 Å². The quantitative estimate of drug-likeness (QED) is 0.422. The highest BCUT2D eigenvalue weighted by Gasteiger charge is 2.31. The maximum absolute atomic E-state index is 12.9. The van der Waals surface area contributed by atoms with Gasteiger partial charge in [0.2, 0.25) is 5.82 Å². The Morgan fingerprint density at radius 1 is 1.19 bits per heavy atom. The normalized spacial score (nSPS) is 17.6. The van der Waals surface area contributed by atoms with Crippen LogP contribution < -0.4 is 15.8 Å². The van der Waals surface area contributed by atoms with Gasteiger partial charge in [-0.15, -0.1) is 0 Å². The molecule has 4 N–H and O–H groups in total. The van der Waals surface area contributed by atoms with E-state index in [4.69, 9.17) is 15.0 Å². The van der Waals surface area contributed by atoms with Crippen molar-refractivity contribution < 1.29 is 24.0 Å². The van der Waals surface area contributed by atoms with Crippen LogP contribution in [0.3, 0.4) is 0 Å². The van der Waals surface area contributed by atoms with Crippen LogP contribution in [0.15, 0.2) is 40.9 Å². The third-order valence-electron chi connectivity index (χ3n) is 6.99. The van der Waals surface area contributed by atoms with E-state index in [9.17, 15) is 14.7 Å². The Labute approximate surface area is 214 Å².